The van der Waals surface area contributed by atoms with Gasteiger partial charge in [-0.2, -0.15) is 0 Å². The molecule has 1 rings (SSSR count). The summed E-state index contributed by atoms with van der Waals surface area (Å²) in [6.45, 7) is 3.38. The Morgan fingerprint density at radius 1 is 1.07 bits per heavy atom. The minimum atomic E-state index is -0.708. The molecule has 0 saturated carbocycles. The smallest absolute Gasteiger partial charge is 0.115 e. The van der Waals surface area contributed by atoms with Gasteiger partial charge in [0.2, 0.25) is 0 Å². The highest BCUT2D eigenvalue weighted by atomic mass is 16.3. The topological polar surface area (TPSA) is 72.7 Å². The van der Waals surface area contributed by atoms with Crippen molar-refractivity contribution in [3.63, 3.8) is 0 Å². The largest absolute Gasteiger partial charge is 0.508 e. The number of nitrogens with one attached hydrogen (secondary N) is 1. The van der Waals surface area contributed by atoms with Gasteiger partial charge in [0, 0.05) is 6.04 Å². The molecule has 3 unspecified atom stereocenters. The average molecular weight is 211 g/mol. The van der Waals surface area contributed by atoms with Gasteiger partial charge in [0.05, 0.1) is 6.10 Å². The van der Waals surface area contributed by atoms with Gasteiger partial charge in [0.1, 0.15) is 12.0 Å². The van der Waals surface area contributed by atoms with Crippen LogP contribution in [0.25, 0.3) is 0 Å². The molecule has 84 valence electrons. The zero-order valence-corrected chi connectivity index (χ0v) is 8.88. The fourth-order valence-electron chi connectivity index (χ4n) is 1.43. The van der Waals surface area contributed by atoms with E-state index in [1.807, 2.05) is 0 Å². The number of phenolic OH excluding ortho intramolecular Hbond substituents is 1. The molecule has 0 fully saturated rings. The molecule has 1 aromatic rings. The van der Waals surface area contributed by atoms with E-state index in [1.165, 1.54) is 12.1 Å². The fraction of sp³-hybridized carbons (Fsp3) is 0.455. The van der Waals surface area contributed by atoms with Gasteiger partial charge in [-0.1, -0.05) is 12.1 Å². The molecule has 0 spiro atoms. The number of hydrogen-bond acceptors (Lipinski definition) is 4. The first-order chi connectivity index (χ1) is 7.00. The van der Waals surface area contributed by atoms with Gasteiger partial charge in [-0.3, -0.25) is 5.32 Å². The van der Waals surface area contributed by atoms with Crippen LogP contribution in [0.2, 0.25) is 0 Å². The number of rotatable bonds is 4. The summed E-state index contributed by atoms with van der Waals surface area (Å²) in [6, 6.07) is 6.09. The van der Waals surface area contributed by atoms with Crippen molar-refractivity contribution in [2.75, 3.05) is 0 Å². The highest BCUT2D eigenvalue weighted by molar-refractivity contribution is 5.27. The van der Waals surface area contributed by atoms with Crippen LogP contribution >= 0.6 is 0 Å². The Labute approximate surface area is 89.2 Å². The van der Waals surface area contributed by atoms with E-state index in [2.05, 4.69) is 5.32 Å². The Kier molecular flexibility index (Phi) is 4.08. The summed E-state index contributed by atoms with van der Waals surface area (Å²) in [4.78, 5) is 0. The first-order valence-electron chi connectivity index (χ1n) is 4.92. The van der Waals surface area contributed by atoms with Crippen LogP contribution in [0, 0.1) is 0 Å². The Morgan fingerprint density at radius 3 is 2.07 bits per heavy atom. The summed E-state index contributed by atoms with van der Waals surface area (Å²) in [5, 5.41) is 30.9. The summed E-state index contributed by atoms with van der Waals surface area (Å²) in [6.07, 6.45) is -1.37. The van der Waals surface area contributed by atoms with E-state index in [0.29, 0.717) is 5.56 Å². The molecule has 3 atom stereocenters. The van der Waals surface area contributed by atoms with Crippen LogP contribution in [0.3, 0.4) is 0 Å². The van der Waals surface area contributed by atoms with Crippen LogP contribution in [-0.2, 0) is 0 Å². The van der Waals surface area contributed by atoms with Crippen LogP contribution in [0.4, 0.5) is 0 Å². The van der Waals surface area contributed by atoms with Gasteiger partial charge < -0.3 is 15.3 Å². The minimum Gasteiger partial charge on any atom is -0.508 e. The maximum absolute atomic E-state index is 9.87. The summed E-state index contributed by atoms with van der Waals surface area (Å²) in [7, 11) is 0. The molecular formula is C11H17NO3. The molecule has 0 saturated heterocycles. The number of phenols is 1. The quantitative estimate of drug-likeness (QED) is 0.554. The Hall–Kier alpha value is -1.10. The van der Waals surface area contributed by atoms with Crippen molar-refractivity contribution in [2.45, 2.75) is 32.2 Å². The van der Waals surface area contributed by atoms with Gasteiger partial charge in [0.25, 0.3) is 0 Å². The van der Waals surface area contributed by atoms with E-state index < -0.39 is 12.3 Å². The van der Waals surface area contributed by atoms with E-state index in [1.54, 1.807) is 26.0 Å². The monoisotopic (exact) mass is 211 g/mol. The highest BCUT2D eigenvalue weighted by Crippen LogP contribution is 2.19. The molecule has 0 radical (unpaired) electrons. The van der Waals surface area contributed by atoms with Crippen molar-refractivity contribution in [2.24, 2.45) is 0 Å². The first kappa shape index (κ1) is 12.0. The SMILES string of the molecule is CC(O)NC(C)C(O)c1ccc(O)cc1. The summed E-state index contributed by atoms with van der Waals surface area (Å²) in [5.41, 5.74) is 0.702. The van der Waals surface area contributed by atoms with Crippen LogP contribution < -0.4 is 5.32 Å². The number of benzene rings is 1. The lowest BCUT2D eigenvalue weighted by atomic mass is 10.0. The molecule has 0 amide bonds. The maximum atomic E-state index is 9.87. The van der Waals surface area contributed by atoms with Crippen LogP contribution in [0.5, 0.6) is 5.75 Å². The Morgan fingerprint density at radius 2 is 1.60 bits per heavy atom. The molecule has 4 N–H and O–H groups in total. The second-order valence-electron chi connectivity index (χ2n) is 3.67. The van der Waals surface area contributed by atoms with Crippen molar-refractivity contribution >= 4 is 0 Å². The third-order valence-electron chi connectivity index (χ3n) is 2.21. The second-order valence-corrected chi connectivity index (χ2v) is 3.67. The number of aliphatic hydroxyl groups is 2. The predicted molar refractivity (Wildman–Crippen MR) is 57.3 cm³/mol. The lowest BCUT2D eigenvalue weighted by Gasteiger charge is -2.22. The molecule has 1 aromatic carbocycles. The molecule has 0 aliphatic heterocycles. The number of hydrogen-bond donors (Lipinski definition) is 4. The van der Waals surface area contributed by atoms with Crippen molar-refractivity contribution in [1.29, 1.82) is 0 Å². The molecule has 4 nitrogen and oxygen atoms in total. The zero-order valence-electron chi connectivity index (χ0n) is 8.88. The summed E-state index contributed by atoms with van der Waals surface area (Å²) < 4.78 is 0. The maximum Gasteiger partial charge on any atom is 0.115 e. The molecule has 0 aliphatic rings. The third kappa shape index (κ3) is 3.51. The molecular weight excluding hydrogens is 194 g/mol. The molecule has 15 heavy (non-hydrogen) atoms. The van der Waals surface area contributed by atoms with Crippen molar-refractivity contribution in [3.05, 3.63) is 29.8 Å². The van der Waals surface area contributed by atoms with Crippen molar-refractivity contribution in [3.8, 4) is 5.75 Å². The lowest BCUT2D eigenvalue weighted by Crippen LogP contribution is -2.38. The third-order valence-corrected chi connectivity index (χ3v) is 2.21. The molecule has 0 aliphatic carbocycles. The summed E-state index contributed by atoms with van der Waals surface area (Å²) in [5.74, 6) is 0.169. The second kappa shape index (κ2) is 5.11. The van der Waals surface area contributed by atoms with E-state index in [-0.39, 0.29) is 11.8 Å². The summed E-state index contributed by atoms with van der Waals surface area (Å²) >= 11 is 0. The number of aromatic hydroxyl groups is 1. The van der Waals surface area contributed by atoms with Crippen LogP contribution in [-0.4, -0.2) is 27.6 Å². The lowest BCUT2D eigenvalue weighted by molar-refractivity contribution is 0.0804. The molecule has 0 heterocycles. The van der Waals surface area contributed by atoms with Crippen LogP contribution in [0.1, 0.15) is 25.5 Å². The number of aliphatic hydroxyl groups excluding tert-OH is 2. The van der Waals surface area contributed by atoms with Gasteiger partial charge in [0.15, 0.2) is 0 Å². The predicted octanol–water partition coefficient (Wildman–Crippen LogP) is 0.742. The fourth-order valence-corrected chi connectivity index (χ4v) is 1.43. The highest BCUT2D eigenvalue weighted by Gasteiger charge is 2.16. The van der Waals surface area contributed by atoms with E-state index in [9.17, 15) is 5.11 Å². The standard InChI is InChI=1S/C11H17NO3/c1-7(12-8(2)13)11(15)9-3-5-10(14)6-4-9/h3-8,11-15H,1-2H3. The van der Waals surface area contributed by atoms with Crippen LogP contribution in [0.15, 0.2) is 24.3 Å². The normalized spacial score (nSPS) is 17.1. The minimum absolute atomic E-state index is 0.169. The van der Waals surface area contributed by atoms with Gasteiger partial charge in [-0.15, -0.1) is 0 Å². The molecule has 0 aromatic heterocycles. The van der Waals surface area contributed by atoms with Crippen molar-refractivity contribution < 1.29 is 15.3 Å². The van der Waals surface area contributed by atoms with Gasteiger partial charge >= 0.3 is 0 Å². The van der Waals surface area contributed by atoms with E-state index in [4.69, 9.17) is 10.2 Å². The van der Waals surface area contributed by atoms with E-state index in [0.717, 1.165) is 0 Å². The molecule has 4 heteroatoms. The zero-order chi connectivity index (χ0) is 11.4. The van der Waals surface area contributed by atoms with Gasteiger partial charge in [-0.25, -0.2) is 0 Å². The first-order valence-corrected chi connectivity index (χ1v) is 4.92. The van der Waals surface area contributed by atoms with E-state index >= 15 is 0 Å². The Balaban J connectivity index is 2.67. The molecule has 0 bridgehead atoms. The average Bonchev–Trinajstić information content (AvgIpc) is 2.17. The Bertz CT molecular complexity index is 297. The van der Waals surface area contributed by atoms with Gasteiger partial charge in [-0.05, 0) is 31.5 Å². The van der Waals surface area contributed by atoms with Crippen molar-refractivity contribution in [1.82, 2.24) is 5.32 Å².